The number of morpholine rings is 1. The summed E-state index contributed by atoms with van der Waals surface area (Å²) in [6, 6.07) is -3.88. The smallest absolute Gasteiger partial charge is 0.247 e. The number of carbonyl (C=O) groups excluding carboxylic acids is 12. The molecule has 11 atom stereocenters. The zero-order chi connectivity index (χ0) is 79.6. The minimum atomic E-state index is -1.46. The zero-order valence-electron chi connectivity index (χ0n) is 68.0. The van der Waals surface area contributed by atoms with Gasteiger partial charge in [0.2, 0.25) is 70.9 Å². The highest BCUT2D eigenvalue weighted by Crippen LogP contribution is 2.25. The lowest BCUT2D eigenvalue weighted by atomic mass is 9.94. The van der Waals surface area contributed by atoms with E-state index in [1.165, 1.54) is 83.6 Å². The summed E-state index contributed by atoms with van der Waals surface area (Å²) >= 11 is 0. The van der Waals surface area contributed by atoms with Crippen molar-refractivity contribution in [1.29, 1.82) is 0 Å². The molecular weight excluding hydrogens is 1360 g/mol. The summed E-state index contributed by atoms with van der Waals surface area (Å²) in [6.45, 7) is 28.6. The molecule has 12 amide bonds. The molecule has 106 heavy (non-hydrogen) atoms. The number of nitrogens with zero attached hydrogens (tertiary/aromatic N) is 9. The van der Waals surface area contributed by atoms with E-state index in [1.807, 2.05) is 80.5 Å². The third kappa shape index (κ3) is 27.7. The van der Waals surface area contributed by atoms with E-state index in [4.69, 9.17) is 14.2 Å². The largest absolute Gasteiger partial charge is 0.379 e. The number of benzene rings is 1. The summed E-state index contributed by atoms with van der Waals surface area (Å²) in [5.41, 5.74) is -0.165. The first-order valence-corrected chi connectivity index (χ1v) is 38.6. The van der Waals surface area contributed by atoms with Gasteiger partial charge in [0, 0.05) is 101 Å². The van der Waals surface area contributed by atoms with Crippen LogP contribution in [0.15, 0.2) is 30.3 Å². The number of rotatable bonds is 21. The first kappa shape index (κ1) is 91.1. The Hall–Kier alpha value is -7.30. The van der Waals surface area contributed by atoms with Crippen LogP contribution in [0.25, 0.3) is 0 Å². The van der Waals surface area contributed by atoms with Gasteiger partial charge in [-0.3, -0.25) is 62.4 Å². The van der Waals surface area contributed by atoms with Gasteiger partial charge in [-0.25, -0.2) is 0 Å². The summed E-state index contributed by atoms with van der Waals surface area (Å²) in [5, 5.41) is 11.7. The highest BCUT2D eigenvalue weighted by atomic mass is 16.5. The maximum Gasteiger partial charge on any atom is 0.247 e. The molecule has 3 heterocycles. The van der Waals surface area contributed by atoms with Gasteiger partial charge in [0.15, 0.2) is 0 Å². The monoisotopic (exact) mass is 1490 g/mol. The molecule has 0 spiro atoms. The highest BCUT2D eigenvalue weighted by Gasteiger charge is 2.44. The van der Waals surface area contributed by atoms with Crippen LogP contribution in [0, 0.1) is 29.6 Å². The Morgan fingerprint density at radius 3 is 1.48 bits per heavy atom. The predicted molar refractivity (Wildman–Crippen MR) is 406 cm³/mol. The first-order chi connectivity index (χ1) is 49.7. The SMILES string of the molecule is CC[C@H](C)[C@@H]1NC(=O)[C@H](CC(C)C)N(C)C(=O)CCN(C)C(=O)C[C@@H](C(=O)N2CCCCC2)NC(=O)[C@H](CC(C)C)N(C)C(=O)[C@H](CC(C)C)N(C)C(=O)[C@H](COCCN2CCOCC2)NC(=O)[C@H](CC(C)C)N(C)C(=O)[C@H](COC(C)(C)C)NC(=O)[C@H](CC)N(C)C(=O)[C@H](Cc2ccccc2)N(C)C1=O. The Bertz CT molecular complexity index is 3040. The summed E-state index contributed by atoms with van der Waals surface area (Å²) in [5.74, 6) is -8.99. The molecule has 3 aliphatic rings. The van der Waals surface area contributed by atoms with Crippen molar-refractivity contribution in [2.75, 3.05) is 122 Å². The van der Waals surface area contributed by atoms with Gasteiger partial charge >= 0.3 is 0 Å². The van der Waals surface area contributed by atoms with Crippen LogP contribution in [0.5, 0.6) is 0 Å². The predicted octanol–water partition coefficient (Wildman–Crippen LogP) is 4.20. The molecule has 4 rings (SSSR count). The van der Waals surface area contributed by atoms with Crippen molar-refractivity contribution in [3.8, 4) is 0 Å². The van der Waals surface area contributed by atoms with Gasteiger partial charge < -0.3 is 74.7 Å². The summed E-state index contributed by atoms with van der Waals surface area (Å²) in [7, 11) is 10.2. The van der Waals surface area contributed by atoms with Gasteiger partial charge in [0.1, 0.15) is 60.4 Å². The second-order valence-electron chi connectivity index (χ2n) is 32.1. The van der Waals surface area contributed by atoms with Crippen molar-refractivity contribution in [3.63, 3.8) is 0 Å². The molecule has 4 N–H and O–H groups in total. The van der Waals surface area contributed by atoms with E-state index in [2.05, 4.69) is 26.2 Å². The van der Waals surface area contributed by atoms with Gasteiger partial charge in [0.05, 0.1) is 45.1 Å². The van der Waals surface area contributed by atoms with Crippen LogP contribution < -0.4 is 21.3 Å². The summed E-state index contributed by atoms with van der Waals surface area (Å²) < 4.78 is 18.1. The molecule has 0 aromatic heterocycles. The van der Waals surface area contributed by atoms with Crippen molar-refractivity contribution < 1.29 is 71.7 Å². The van der Waals surface area contributed by atoms with Crippen LogP contribution in [0.2, 0.25) is 0 Å². The van der Waals surface area contributed by atoms with E-state index >= 15 is 38.4 Å². The lowest BCUT2D eigenvalue weighted by molar-refractivity contribution is -0.152. The van der Waals surface area contributed by atoms with Crippen LogP contribution in [0.1, 0.15) is 173 Å². The Kier molecular flexibility index (Phi) is 37.5. The number of amides is 12. The van der Waals surface area contributed by atoms with E-state index in [1.54, 1.807) is 51.7 Å². The fourth-order valence-corrected chi connectivity index (χ4v) is 13.6. The molecule has 0 aliphatic carbocycles. The maximum absolute atomic E-state index is 15.5. The molecule has 1 aromatic carbocycles. The summed E-state index contributed by atoms with van der Waals surface area (Å²) in [6.07, 6.45) is 2.41. The number of hydrogen-bond donors (Lipinski definition) is 4. The molecule has 3 fully saturated rings. The number of nitrogens with one attached hydrogen (secondary N) is 4. The van der Waals surface area contributed by atoms with Crippen LogP contribution in [-0.2, 0) is 78.2 Å². The molecule has 28 nitrogen and oxygen atoms in total. The minimum Gasteiger partial charge on any atom is -0.379 e. The van der Waals surface area contributed by atoms with Gasteiger partial charge in [-0.2, -0.15) is 0 Å². The third-order valence-electron chi connectivity index (χ3n) is 20.5. The average molecular weight is 1490 g/mol. The number of piperidine rings is 1. The zero-order valence-corrected chi connectivity index (χ0v) is 68.0. The van der Waals surface area contributed by atoms with E-state index in [-0.39, 0.29) is 95.0 Å². The van der Waals surface area contributed by atoms with Crippen molar-refractivity contribution >= 4 is 70.9 Å². The van der Waals surface area contributed by atoms with Crippen molar-refractivity contribution in [2.24, 2.45) is 29.6 Å². The molecule has 28 heteroatoms. The molecular formula is C78H133N13O15. The van der Waals surface area contributed by atoms with E-state index in [0.29, 0.717) is 70.8 Å². The number of likely N-dealkylation sites (tertiary alicyclic amines) is 1. The van der Waals surface area contributed by atoms with Crippen LogP contribution in [0.4, 0.5) is 0 Å². The second kappa shape index (κ2) is 43.6. The highest BCUT2D eigenvalue weighted by molar-refractivity contribution is 6.00. The van der Waals surface area contributed by atoms with E-state index < -0.39 is 149 Å². The van der Waals surface area contributed by atoms with Crippen LogP contribution in [-0.4, -0.2) is 303 Å². The topological polar surface area (TPSA) is 310 Å². The van der Waals surface area contributed by atoms with Crippen molar-refractivity contribution in [2.45, 2.75) is 240 Å². The Balaban J connectivity index is 1.98. The maximum atomic E-state index is 15.5. The molecule has 3 saturated heterocycles. The number of hydrogen-bond acceptors (Lipinski definition) is 16. The van der Waals surface area contributed by atoms with Gasteiger partial charge in [-0.1, -0.05) is 113 Å². The van der Waals surface area contributed by atoms with Crippen LogP contribution in [0.3, 0.4) is 0 Å². The molecule has 1 aromatic rings. The minimum absolute atomic E-state index is 0.0135. The van der Waals surface area contributed by atoms with Gasteiger partial charge in [0.25, 0.3) is 0 Å². The number of ether oxygens (including phenoxy) is 3. The van der Waals surface area contributed by atoms with E-state index in [0.717, 1.165) is 6.42 Å². The quantitative estimate of drug-likeness (QED) is 0.125. The molecule has 3 aliphatic heterocycles. The standard InChI is InChI=1S/C78H133N13O15/c1-22-54(11)67-77(103)89(21)64(46-55-30-26-24-27-31-55)76(102)85(17)59(23-2)68(94)81-58(49-106-78(12,13)14)73(99)86(18)61(43-51(5)6)70(96)80-57(48-105-41-38-90-36-39-104-40-37-90)72(98)88(20)63(45-53(9)10)75(101)87(19)62(44-52(7)8)69(95)79-56(74(100)91-33-28-25-29-34-91)47-66(93)83(15)35-32-65(92)84(16)60(42-50(3)4)71(97)82-67/h24,26-27,30-31,50-54,56-64,67H,22-23,25,28-29,32-49H2,1-21H3,(H,79,95)(H,80,96)(H,81,94)(H,82,97)/t54-,56-,57-,58-,59-,60-,61-,62-,63-,64-,67-/m0/s1. The molecule has 0 bridgehead atoms. The van der Waals surface area contributed by atoms with Crippen molar-refractivity contribution in [1.82, 2.24) is 65.4 Å². The Labute approximate surface area is 632 Å². The lowest BCUT2D eigenvalue weighted by Gasteiger charge is -2.38. The Morgan fingerprint density at radius 1 is 0.509 bits per heavy atom. The molecule has 0 saturated carbocycles. The first-order valence-electron chi connectivity index (χ1n) is 38.6. The molecule has 600 valence electrons. The normalized spacial score (nSPS) is 25.7. The number of likely N-dealkylation sites (N-methyl/N-ethyl adjacent to an activating group) is 6. The van der Waals surface area contributed by atoms with E-state index in [9.17, 15) is 19.2 Å². The molecule has 0 unspecified atom stereocenters. The Morgan fingerprint density at radius 2 is 0.962 bits per heavy atom. The fourth-order valence-electron chi connectivity index (χ4n) is 13.6. The lowest BCUT2D eigenvalue weighted by Crippen LogP contribution is -2.62. The fraction of sp³-hybridized carbons (Fsp3) is 0.769. The molecule has 0 radical (unpaired) electrons. The van der Waals surface area contributed by atoms with Crippen molar-refractivity contribution in [3.05, 3.63) is 35.9 Å². The third-order valence-corrected chi connectivity index (χ3v) is 20.5. The average Bonchev–Trinajstić information content (AvgIpc) is 0.816. The number of carbonyl (C=O) groups is 12. The van der Waals surface area contributed by atoms with Gasteiger partial charge in [-0.15, -0.1) is 0 Å². The second-order valence-corrected chi connectivity index (χ2v) is 32.1. The van der Waals surface area contributed by atoms with Crippen LogP contribution >= 0.6 is 0 Å². The summed E-state index contributed by atoms with van der Waals surface area (Å²) in [4.78, 5) is 194. The van der Waals surface area contributed by atoms with Gasteiger partial charge in [-0.05, 0) is 107 Å².